The first-order valence-corrected chi connectivity index (χ1v) is 7.97. The van der Waals surface area contributed by atoms with Gasteiger partial charge in [-0.25, -0.2) is 0 Å². The van der Waals surface area contributed by atoms with Crippen molar-refractivity contribution in [3.05, 3.63) is 52.3 Å². The molecular formula is C16H20BrN3. The molecule has 20 heavy (non-hydrogen) atoms. The van der Waals surface area contributed by atoms with E-state index in [0.717, 1.165) is 23.4 Å². The summed E-state index contributed by atoms with van der Waals surface area (Å²) >= 11 is 3.48. The van der Waals surface area contributed by atoms with Gasteiger partial charge in [-0.15, -0.1) is 0 Å². The second-order valence-electron chi connectivity index (χ2n) is 5.60. The summed E-state index contributed by atoms with van der Waals surface area (Å²) in [5, 5.41) is 8.02. The predicted molar refractivity (Wildman–Crippen MR) is 84.8 cm³/mol. The van der Waals surface area contributed by atoms with Gasteiger partial charge in [-0.2, -0.15) is 5.10 Å². The molecule has 1 aromatic carbocycles. The third-order valence-electron chi connectivity index (χ3n) is 4.06. The molecule has 1 N–H and O–H groups in total. The number of aromatic nitrogens is 2. The van der Waals surface area contributed by atoms with Crippen LogP contribution < -0.4 is 5.32 Å². The molecule has 1 aliphatic carbocycles. The smallest absolute Gasteiger partial charge is 0.0637 e. The van der Waals surface area contributed by atoms with Gasteiger partial charge in [-0.05, 0) is 42.5 Å². The Morgan fingerprint density at radius 2 is 2.00 bits per heavy atom. The number of aryl methyl sites for hydroxylation is 1. The lowest BCUT2D eigenvalue weighted by atomic mass is 9.76. The maximum atomic E-state index is 4.39. The highest BCUT2D eigenvalue weighted by Crippen LogP contribution is 2.37. The SMILES string of the molecule is Cn1ccc(CCNC2CC(c3ccc(Br)cc3)C2)n1. The average Bonchev–Trinajstić information content (AvgIpc) is 2.80. The Kier molecular flexibility index (Phi) is 4.22. The van der Waals surface area contributed by atoms with Gasteiger partial charge in [0.15, 0.2) is 0 Å². The molecule has 1 fully saturated rings. The van der Waals surface area contributed by atoms with Crippen LogP contribution in [-0.4, -0.2) is 22.4 Å². The van der Waals surface area contributed by atoms with Crippen LogP contribution in [0.2, 0.25) is 0 Å². The van der Waals surface area contributed by atoms with Gasteiger partial charge < -0.3 is 5.32 Å². The molecule has 0 unspecified atom stereocenters. The molecule has 3 rings (SSSR count). The second-order valence-corrected chi connectivity index (χ2v) is 6.52. The van der Waals surface area contributed by atoms with Crippen LogP contribution in [0.15, 0.2) is 41.0 Å². The zero-order valence-corrected chi connectivity index (χ0v) is 13.3. The predicted octanol–water partition coefficient (Wildman–Crippen LogP) is 3.26. The number of nitrogens with one attached hydrogen (secondary N) is 1. The molecule has 1 aliphatic rings. The van der Waals surface area contributed by atoms with Gasteiger partial charge in [-0.3, -0.25) is 4.68 Å². The van der Waals surface area contributed by atoms with E-state index >= 15 is 0 Å². The number of halogens is 1. The number of nitrogens with zero attached hydrogens (tertiary/aromatic N) is 2. The number of benzene rings is 1. The van der Waals surface area contributed by atoms with Crippen molar-refractivity contribution in [2.45, 2.75) is 31.2 Å². The van der Waals surface area contributed by atoms with Crippen molar-refractivity contribution in [2.24, 2.45) is 7.05 Å². The van der Waals surface area contributed by atoms with E-state index in [1.807, 2.05) is 17.9 Å². The minimum absolute atomic E-state index is 0.673. The first kappa shape index (κ1) is 13.8. The summed E-state index contributed by atoms with van der Waals surface area (Å²) in [5.74, 6) is 0.732. The lowest BCUT2D eigenvalue weighted by Crippen LogP contribution is -2.40. The van der Waals surface area contributed by atoms with Gasteiger partial charge in [-0.1, -0.05) is 28.1 Å². The van der Waals surface area contributed by atoms with Crippen LogP contribution in [0.5, 0.6) is 0 Å². The average molecular weight is 334 g/mol. The fourth-order valence-corrected chi connectivity index (χ4v) is 3.06. The maximum Gasteiger partial charge on any atom is 0.0637 e. The van der Waals surface area contributed by atoms with Gasteiger partial charge >= 0.3 is 0 Å². The summed E-state index contributed by atoms with van der Waals surface area (Å²) in [5.41, 5.74) is 2.64. The van der Waals surface area contributed by atoms with Gasteiger partial charge in [0.2, 0.25) is 0 Å². The second kappa shape index (κ2) is 6.10. The Labute approximate surface area is 128 Å². The molecule has 1 saturated carbocycles. The first-order valence-electron chi connectivity index (χ1n) is 7.18. The normalized spacial score (nSPS) is 21.7. The fraction of sp³-hybridized carbons (Fsp3) is 0.438. The van der Waals surface area contributed by atoms with Crippen molar-refractivity contribution in [3.63, 3.8) is 0 Å². The van der Waals surface area contributed by atoms with E-state index in [1.165, 1.54) is 24.1 Å². The van der Waals surface area contributed by atoms with E-state index < -0.39 is 0 Å². The van der Waals surface area contributed by atoms with Gasteiger partial charge in [0.25, 0.3) is 0 Å². The molecule has 0 spiro atoms. The van der Waals surface area contributed by atoms with Crippen LogP contribution in [0.3, 0.4) is 0 Å². The molecule has 4 heteroatoms. The third kappa shape index (κ3) is 3.30. The molecule has 0 bridgehead atoms. The van der Waals surface area contributed by atoms with Crippen molar-refractivity contribution in [1.29, 1.82) is 0 Å². The highest BCUT2D eigenvalue weighted by atomic mass is 79.9. The van der Waals surface area contributed by atoms with E-state index in [2.05, 4.69) is 56.7 Å². The van der Waals surface area contributed by atoms with E-state index in [0.29, 0.717) is 6.04 Å². The maximum absolute atomic E-state index is 4.39. The summed E-state index contributed by atoms with van der Waals surface area (Å²) in [7, 11) is 1.96. The zero-order valence-electron chi connectivity index (χ0n) is 11.7. The van der Waals surface area contributed by atoms with Crippen molar-refractivity contribution in [3.8, 4) is 0 Å². The largest absolute Gasteiger partial charge is 0.314 e. The minimum atomic E-state index is 0.673. The minimum Gasteiger partial charge on any atom is -0.314 e. The molecule has 0 saturated heterocycles. The summed E-state index contributed by atoms with van der Waals surface area (Å²) in [6.45, 7) is 1.02. The van der Waals surface area contributed by atoms with Gasteiger partial charge in [0, 0.05) is 36.7 Å². The fourth-order valence-electron chi connectivity index (χ4n) is 2.79. The van der Waals surface area contributed by atoms with Crippen molar-refractivity contribution in [1.82, 2.24) is 15.1 Å². The van der Waals surface area contributed by atoms with Crippen molar-refractivity contribution < 1.29 is 0 Å². The topological polar surface area (TPSA) is 29.9 Å². The standard InChI is InChI=1S/C16H20BrN3/c1-20-9-7-15(19-20)6-8-18-16-10-13(11-16)12-2-4-14(17)5-3-12/h2-5,7,9,13,16,18H,6,8,10-11H2,1H3. The molecule has 0 aliphatic heterocycles. The molecule has 106 valence electrons. The zero-order chi connectivity index (χ0) is 13.9. The third-order valence-corrected chi connectivity index (χ3v) is 4.59. The molecule has 1 heterocycles. The lowest BCUT2D eigenvalue weighted by molar-refractivity contribution is 0.292. The van der Waals surface area contributed by atoms with E-state index in [4.69, 9.17) is 0 Å². The van der Waals surface area contributed by atoms with Crippen LogP contribution in [0.1, 0.15) is 30.0 Å². The van der Waals surface area contributed by atoms with Gasteiger partial charge in [0.1, 0.15) is 0 Å². The summed E-state index contributed by atoms with van der Waals surface area (Å²) in [4.78, 5) is 0. The monoisotopic (exact) mass is 333 g/mol. The van der Waals surface area contributed by atoms with Crippen molar-refractivity contribution in [2.75, 3.05) is 6.54 Å². The molecule has 0 amide bonds. The number of hydrogen-bond acceptors (Lipinski definition) is 2. The Morgan fingerprint density at radius 1 is 1.25 bits per heavy atom. The Balaban J connectivity index is 1.39. The van der Waals surface area contributed by atoms with E-state index in [-0.39, 0.29) is 0 Å². The Hall–Kier alpha value is -1.13. The quantitative estimate of drug-likeness (QED) is 0.910. The highest BCUT2D eigenvalue weighted by molar-refractivity contribution is 9.10. The Morgan fingerprint density at radius 3 is 2.65 bits per heavy atom. The van der Waals surface area contributed by atoms with Crippen LogP contribution >= 0.6 is 15.9 Å². The molecule has 3 nitrogen and oxygen atoms in total. The van der Waals surface area contributed by atoms with Crippen LogP contribution in [0.4, 0.5) is 0 Å². The van der Waals surface area contributed by atoms with Gasteiger partial charge in [0.05, 0.1) is 5.69 Å². The lowest BCUT2D eigenvalue weighted by Gasteiger charge is -2.36. The summed E-state index contributed by atoms with van der Waals surface area (Å²) in [6, 6.07) is 11.5. The number of hydrogen-bond donors (Lipinski definition) is 1. The summed E-state index contributed by atoms with van der Waals surface area (Å²) in [6.07, 6.45) is 5.52. The van der Waals surface area contributed by atoms with Crippen LogP contribution in [0, 0.1) is 0 Å². The molecular weight excluding hydrogens is 314 g/mol. The molecule has 0 atom stereocenters. The molecule has 2 aromatic rings. The highest BCUT2D eigenvalue weighted by Gasteiger charge is 2.29. The van der Waals surface area contributed by atoms with Crippen LogP contribution in [-0.2, 0) is 13.5 Å². The first-order chi connectivity index (χ1) is 9.70. The summed E-state index contributed by atoms with van der Waals surface area (Å²) < 4.78 is 3.02. The van der Waals surface area contributed by atoms with Crippen molar-refractivity contribution >= 4 is 15.9 Å². The number of rotatable bonds is 5. The molecule has 1 aromatic heterocycles. The van der Waals surface area contributed by atoms with E-state index in [9.17, 15) is 0 Å². The van der Waals surface area contributed by atoms with E-state index in [1.54, 1.807) is 0 Å². The molecule has 0 radical (unpaired) electrons. The Bertz CT molecular complexity index is 555. The van der Waals surface area contributed by atoms with Crippen LogP contribution in [0.25, 0.3) is 0 Å².